The molecule has 0 spiro atoms. The molecule has 0 atom stereocenters. The maximum absolute atomic E-state index is 2.42. The Bertz CT molecular complexity index is 437. The van der Waals surface area contributed by atoms with Gasteiger partial charge >= 0.3 is 0 Å². The molecule has 2 bridgehead atoms. The van der Waals surface area contributed by atoms with E-state index in [0.29, 0.717) is 6.04 Å². The van der Waals surface area contributed by atoms with Crippen molar-refractivity contribution in [1.82, 2.24) is 4.57 Å². The second-order valence-corrected chi connectivity index (χ2v) is 7.89. The number of quaternary nitrogens is 2. The molecule has 1 aromatic heterocycles. The van der Waals surface area contributed by atoms with Gasteiger partial charge in [-0.3, -0.25) is 0 Å². The van der Waals surface area contributed by atoms with Gasteiger partial charge in [0.2, 0.25) is 6.33 Å². The summed E-state index contributed by atoms with van der Waals surface area (Å²) in [6.45, 7) is 17.6. The van der Waals surface area contributed by atoms with E-state index < -0.39 is 0 Å². The van der Waals surface area contributed by atoms with Gasteiger partial charge in [-0.1, -0.05) is 0 Å². The molecule has 0 N–H and O–H groups in total. The fraction of sp³-hybridized carbons (Fsp3) is 0.824. The van der Waals surface area contributed by atoms with E-state index in [0.717, 1.165) is 6.04 Å². The smallest absolute Gasteiger partial charge is 0.243 e. The Labute approximate surface area is 130 Å². The maximum atomic E-state index is 2.42. The molecular weight excluding hydrogens is 260 g/mol. The third kappa shape index (κ3) is 3.67. The van der Waals surface area contributed by atoms with Gasteiger partial charge < -0.3 is 8.97 Å². The predicted molar refractivity (Wildman–Crippen MR) is 86.8 cm³/mol. The minimum Gasteiger partial charge on any atom is -0.312 e. The second kappa shape index (κ2) is 6.09. The van der Waals surface area contributed by atoms with Gasteiger partial charge in [-0.2, -0.15) is 0 Å². The number of likely N-dealkylation sites (N-methyl/N-ethyl adjacent to an activating group) is 1. The van der Waals surface area contributed by atoms with Crippen LogP contribution in [-0.4, -0.2) is 65.9 Å². The van der Waals surface area contributed by atoms with Gasteiger partial charge in [0.1, 0.15) is 51.7 Å². The molecule has 3 aliphatic rings. The number of hydrogen-bond acceptors (Lipinski definition) is 0. The van der Waals surface area contributed by atoms with Crippen LogP contribution in [0.4, 0.5) is 0 Å². The van der Waals surface area contributed by atoms with Crippen molar-refractivity contribution in [2.75, 3.05) is 46.3 Å². The Balaban J connectivity index is 0.000000161. The van der Waals surface area contributed by atoms with E-state index in [1.165, 1.54) is 48.2 Å². The lowest BCUT2D eigenvalue weighted by molar-refractivity contribution is -1.08. The van der Waals surface area contributed by atoms with E-state index in [4.69, 9.17) is 0 Å². The summed E-state index contributed by atoms with van der Waals surface area (Å²) in [5.41, 5.74) is 0. The summed E-state index contributed by atoms with van der Waals surface area (Å²) < 4.78 is 6.97. The predicted octanol–water partition coefficient (Wildman–Crippen LogP) is 1.58. The molecule has 3 fully saturated rings. The lowest BCUT2D eigenvalue weighted by Crippen LogP contribution is -2.75. The first-order valence-electron chi connectivity index (χ1n) is 8.48. The molecule has 0 saturated carbocycles. The van der Waals surface area contributed by atoms with Crippen LogP contribution in [0.15, 0.2) is 18.7 Å². The summed E-state index contributed by atoms with van der Waals surface area (Å²) in [4.78, 5) is 0. The van der Waals surface area contributed by atoms with Crippen molar-refractivity contribution in [3.8, 4) is 0 Å². The van der Waals surface area contributed by atoms with E-state index in [1.807, 2.05) is 17.8 Å². The quantitative estimate of drug-likeness (QED) is 0.579. The van der Waals surface area contributed by atoms with Crippen LogP contribution in [0, 0.1) is 0 Å². The number of hydrogen-bond donors (Lipinski definition) is 0. The number of rotatable bonds is 2. The van der Waals surface area contributed by atoms with Crippen molar-refractivity contribution in [2.45, 2.75) is 39.8 Å². The van der Waals surface area contributed by atoms with E-state index in [-0.39, 0.29) is 0 Å². The first-order chi connectivity index (χ1) is 9.76. The van der Waals surface area contributed by atoms with Gasteiger partial charge in [0, 0.05) is 0 Å². The van der Waals surface area contributed by atoms with Crippen LogP contribution in [0.1, 0.15) is 33.7 Å². The average Bonchev–Trinajstić information content (AvgIpc) is 2.87. The minimum absolute atomic E-state index is 0.575. The van der Waals surface area contributed by atoms with Gasteiger partial charge in [-0.05, 0) is 27.7 Å². The highest BCUT2D eigenvalue weighted by Gasteiger charge is 2.47. The third-order valence-corrected chi connectivity index (χ3v) is 5.74. The van der Waals surface area contributed by atoms with Crippen molar-refractivity contribution in [3.05, 3.63) is 18.7 Å². The van der Waals surface area contributed by atoms with Crippen LogP contribution < -0.4 is 4.57 Å². The summed E-state index contributed by atoms with van der Waals surface area (Å²) in [5.74, 6) is 0. The lowest BCUT2D eigenvalue weighted by atomic mass is 10.1. The first kappa shape index (κ1) is 16.5. The highest BCUT2D eigenvalue weighted by molar-refractivity contribution is 4.69. The molecule has 0 unspecified atom stereocenters. The fourth-order valence-corrected chi connectivity index (χ4v) is 3.54. The van der Waals surface area contributed by atoms with Crippen LogP contribution in [-0.2, 0) is 7.05 Å². The Morgan fingerprint density at radius 3 is 1.76 bits per heavy atom. The van der Waals surface area contributed by atoms with Gasteiger partial charge in [0.25, 0.3) is 0 Å². The van der Waals surface area contributed by atoms with Gasteiger partial charge in [0.15, 0.2) is 0 Å². The highest BCUT2D eigenvalue weighted by Crippen LogP contribution is 2.27. The Morgan fingerprint density at radius 2 is 1.48 bits per heavy atom. The van der Waals surface area contributed by atoms with Crippen LogP contribution in [0.3, 0.4) is 0 Å². The van der Waals surface area contributed by atoms with Crippen molar-refractivity contribution in [1.29, 1.82) is 0 Å². The first-order valence-corrected chi connectivity index (χ1v) is 8.48. The number of fused-ring (bicyclic) bond motifs is 3. The normalized spacial score (nSPS) is 31.4. The molecule has 0 aliphatic carbocycles. The monoisotopic (exact) mass is 295 g/mol. The maximum Gasteiger partial charge on any atom is 0.243 e. The molecule has 4 heteroatoms. The third-order valence-electron chi connectivity index (χ3n) is 5.74. The molecule has 120 valence electrons. The molecule has 4 nitrogen and oxygen atoms in total. The number of piperazine rings is 3. The molecule has 0 aromatic carbocycles. The lowest BCUT2D eigenvalue weighted by Gasteiger charge is -2.55. The Morgan fingerprint density at radius 1 is 0.952 bits per heavy atom. The van der Waals surface area contributed by atoms with Crippen LogP contribution in [0.25, 0.3) is 0 Å². The van der Waals surface area contributed by atoms with Gasteiger partial charge in [-0.15, -0.1) is 0 Å². The van der Waals surface area contributed by atoms with Crippen molar-refractivity contribution in [3.63, 3.8) is 0 Å². The standard InChI is InChI=1S/C10H22N2.C7H13N2/c1-10(2)12-7-4-11(3,5-8-12)6-9-12;1-7(2)9-5-4-8(3)6-9/h10H,4-9H2,1-3H3;4-7H,1-3H3/q+2;+1. The van der Waals surface area contributed by atoms with Crippen LogP contribution in [0.5, 0.6) is 0 Å². The second-order valence-electron chi connectivity index (χ2n) is 7.89. The zero-order valence-corrected chi connectivity index (χ0v) is 14.9. The number of aryl methyl sites for hydroxylation is 1. The molecule has 0 amide bonds. The van der Waals surface area contributed by atoms with E-state index in [1.54, 1.807) is 0 Å². The number of imidazole rings is 1. The molecular formula is C17H35N4+3. The number of nitrogens with zero attached hydrogens (tertiary/aromatic N) is 4. The van der Waals surface area contributed by atoms with Crippen LogP contribution in [0.2, 0.25) is 0 Å². The fourth-order valence-electron chi connectivity index (χ4n) is 3.54. The summed E-state index contributed by atoms with van der Waals surface area (Å²) >= 11 is 0. The molecule has 4 rings (SSSR count). The number of aromatic nitrogens is 2. The molecule has 3 aliphatic heterocycles. The van der Waals surface area contributed by atoms with Gasteiger partial charge in [-0.25, -0.2) is 9.13 Å². The molecule has 21 heavy (non-hydrogen) atoms. The van der Waals surface area contributed by atoms with Gasteiger partial charge in [0.05, 0.1) is 26.2 Å². The van der Waals surface area contributed by atoms with E-state index in [9.17, 15) is 0 Å². The Hall–Kier alpha value is -0.870. The summed E-state index contributed by atoms with van der Waals surface area (Å²) in [7, 11) is 4.45. The molecule has 4 heterocycles. The summed E-state index contributed by atoms with van der Waals surface area (Å²) in [6, 6.07) is 1.42. The average molecular weight is 295 g/mol. The zero-order valence-electron chi connectivity index (χ0n) is 14.9. The Kier molecular flexibility index (Phi) is 4.79. The zero-order chi connectivity index (χ0) is 15.7. The molecule has 1 aromatic rings. The van der Waals surface area contributed by atoms with E-state index in [2.05, 4.69) is 51.8 Å². The van der Waals surface area contributed by atoms with Crippen molar-refractivity contribution >= 4 is 0 Å². The molecule has 0 radical (unpaired) electrons. The largest absolute Gasteiger partial charge is 0.312 e. The van der Waals surface area contributed by atoms with Crippen molar-refractivity contribution in [2.24, 2.45) is 7.05 Å². The molecule has 3 saturated heterocycles. The topological polar surface area (TPSA) is 8.81 Å². The minimum atomic E-state index is 0.575. The summed E-state index contributed by atoms with van der Waals surface area (Å²) in [5, 5.41) is 0. The summed E-state index contributed by atoms with van der Waals surface area (Å²) in [6.07, 6.45) is 6.19. The van der Waals surface area contributed by atoms with Crippen molar-refractivity contribution < 1.29 is 13.5 Å². The van der Waals surface area contributed by atoms with E-state index >= 15 is 0 Å². The SMILES string of the molecule is CC(C)[N+]12CC[N+](C)(CC1)CC2.CC(C)n1cc[n+](C)c1. The van der Waals surface area contributed by atoms with Crippen LogP contribution >= 0.6 is 0 Å². The highest BCUT2D eigenvalue weighted by atomic mass is 15.5.